The highest BCUT2D eigenvalue weighted by atomic mass is 79.9. The highest BCUT2D eigenvalue weighted by Gasteiger charge is 2.53. The molecule has 0 radical (unpaired) electrons. The molecule has 0 aliphatic heterocycles. The van der Waals surface area contributed by atoms with Crippen molar-refractivity contribution in [3.05, 3.63) is 28.2 Å². The number of aryl methyl sites for hydroxylation is 1. The molecule has 1 aromatic rings. The minimum Gasteiger partial charge on any atom is -0.489 e. The molecule has 1 aliphatic rings. The van der Waals surface area contributed by atoms with Crippen LogP contribution in [0.5, 0.6) is 5.75 Å². The third-order valence-electron chi connectivity index (χ3n) is 4.22. The Morgan fingerprint density at radius 3 is 2.61 bits per heavy atom. The average molecular weight is 311 g/mol. The van der Waals surface area contributed by atoms with Crippen molar-refractivity contribution in [3.63, 3.8) is 0 Å². The van der Waals surface area contributed by atoms with Gasteiger partial charge in [0.15, 0.2) is 0 Å². The molecule has 98 valence electrons. The summed E-state index contributed by atoms with van der Waals surface area (Å²) in [7, 11) is 0. The fourth-order valence-electron chi connectivity index (χ4n) is 2.72. The Hall–Kier alpha value is -0.830. The number of hydrogen-bond acceptors (Lipinski definition) is 2. The van der Waals surface area contributed by atoms with Gasteiger partial charge < -0.3 is 4.74 Å². The lowest BCUT2D eigenvalue weighted by molar-refractivity contribution is -0.153. The number of rotatable bonds is 4. The Balaban J connectivity index is 2.20. The van der Waals surface area contributed by atoms with E-state index in [9.17, 15) is 4.79 Å². The first-order chi connectivity index (χ1) is 8.53. The summed E-state index contributed by atoms with van der Waals surface area (Å²) in [5.41, 5.74) is 0.855. The predicted octanol–water partition coefficient (Wildman–Crippen LogP) is 4.28. The predicted molar refractivity (Wildman–Crippen MR) is 75.9 cm³/mol. The molecule has 0 heterocycles. The van der Waals surface area contributed by atoms with E-state index in [2.05, 4.69) is 29.8 Å². The van der Waals surface area contributed by atoms with Crippen molar-refractivity contribution in [2.24, 2.45) is 5.41 Å². The summed E-state index contributed by atoms with van der Waals surface area (Å²) in [5.74, 6) is 1.23. The minimum absolute atomic E-state index is 0.0352. The summed E-state index contributed by atoms with van der Waals surface area (Å²) in [4.78, 5) is 11.9. The van der Waals surface area contributed by atoms with E-state index >= 15 is 0 Å². The van der Waals surface area contributed by atoms with Crippen LogP contribution in [0.25, 0.3) is 0 Å². The summed E-state index contributed by atoms with van der Waals surface area (Å²) in [6, 6.07) is 6.01. The molecule has 1 aromatic carbocycles. The number of Topliss-reactive ketones (excluding diaryl/α,β-unsaturated/α-hetero) is 1. The fourth-order valence-corrected chi connectivity index (χ4v) is 3.06. The van der Waals surface area contributed by atoms with E-state index < -0.39 is 0 Å². The lowest BCUT2D eigenvalue weighted by atomic mass is 9.61. The summed E-state index contributed by atoms with van der Waals surface area (Å²) in [6.07, 6.45) is 2.31. The van der Waals surface area contributed by atoms with Gasteiger partial charge in [0.25, 0.3) is 0 Å². The van der Waals surface area contributed by atoms with Crippen LogP contribution in [0.4, 0.5) is 0 Å². The Bertz CT molecular complexity index is 464. The van der Waals surface area contributed by atoms with Crippen LogP contribution in [-0.2, 0) is 4.79 Å². The van der Waals surface area contributed by atoms with Gasteiger partial charge in [0.2, 0.25) is 0 Å². The lowest BCUT2D eigenvalue weighted by Crippen LogP contribution is -2.56. The molecule has 1 saturated carbocycles. The molecule has 0 saturated heterocycles. The second-order valence-corrected chi connectivity index (χ2v) is 5.92. The highest BCUT2D eigenvalue weighted by Crippen LogP contribution is 2.46. The second-order valence-electron chi connectivity index (χ2n) is 5.01. The van der Waals surface area contributed by atoms with Crippen molar-refractivity contribution in [1.82, 2.24) is 0 Å². The fraction of sp³-hybridized carbons (Fsp3) is 0.533. The summed E-state index contributed by atoms with van der Waals surface area (Å²) in [5, 5.41) is 0. The minimum atomic E-state index is -0.255. The van der Waals surface area contributed by atoms with Crippen LogP contribution in [0.2, 0.25) is 0 Å². The number of ether oxygens (including phenoxy) is 1. The maximum Gasteiger partial charge on any atom is 0.146 e. The molecule has 1 unspecified atom stereocenters. The van der Waals surface area contributed by atoms with E-state index in [1.165, 1.54) is 0 Å². The van der Waals surface area contributed by atoms with Crippen molar-refractivity contribution in [3.8, 4) is 5.75 Å². The maximum absolute atomic E-state index is 11.9. The van der Waals surface area contributed by atoms with E-state index in [0.717, 1.165) is 28.6 Å². The van der Waals surface area contributed by atoms with Gasteiger partial charge in [0.1, 0.15) is 17.6 Å². The van der Waals surface area contributed by atoms with Gasteiger partial charge in [-0.25, -0.2) is 0 Å². The van der Waals surface area contributed by atoms with E-state index in [4.69, 9.17) is 4.74 Å². The monoisotopic (exact) mass is 310 g/mol. The van der Waals surface area contributed by atoms with E-state index in [1.807, 2.05) is 25.1 Å². The van der Waals surface area contributed by atoms with E-state index in [-0.39, 0.29) is 11.5 Å². The first kappa shape index (κ1) is 13.6. The molecule has 1 fully saturated rings. The Morgan fingerprint density at radius 1 is 1.39 bits per heavy atom. The molecule has 0 amide bonds. The Morgan fingerprint density at radius 2 is 2.06 bits per heavy atom. The van der Waals surface area contributed by atoms with Crippen LogP contribution in [0.1, 0.15) is 38.7 Å². The van der Waals surface area contributed by atoms with Gasteiger partial charge in [0.05, 0.1) is 5.41 Å². The van der Waals surface area contributed by atoms with E-state index in [0.29, 0.717) is 12.2 Å². The van der Waals surface area contributed by atoms with Gasteiger partial charge in [-0.1, -0.05) is 35.8 Å². The molecule has 3 heteroatoms. The quantitative estimate of drug-likeness (QED) is 0.829. The number of halogens is 1. The molecule has 0 bridgehead atoms. The second kappa shape index (κ2) is 5.04. The van der Waals surface area contributed by atoms with Crippen LogP contribution >= 0.6 is 15.9 Å². The van der Waals surface area contributed by atoms with Gasteiger partial charge in [-0.2, -0.15) is 0 Å². The van der Waals surface area contributed by atoms with Crippen molar-refractivity contribution in [1.29, 1.82) is 0 Å². The number of hydrogen-bond donors (Lipinski definition) is 0. The number of ketones is 1. The third-order valence-corrected chi connectivity index (χ3v) is 4.72. The normalized spacial score (nSPS) is 21.6. The molecule has 0 spiro atoms. The molecule has 18 heavy (non-hydrogen) atoms. The smallest absolute Gasteiger partial charge is 0.146 e. The highest BCUT2D eigenvalue weighted by molar-refractivity contribution is 9.10. The van der Waals surface area contributed by atoms with Crippen LogP contribution in [0.15, 0.2) is 22.7 Å². The largest absolute Gasteiger partial charge is 0.489 e. The van der Waals surface area contributed by atoms with Gasteiger partial charge in [0, 0.05) is 10.9 Å². The summed E-state index contributed by atoms with van der Waals surface area (Å²) in [6.45, 7) is 6.18. The molecular weight excluding hydrogens is 292 g/mol. The molecule has 0 N–H and O–H groups in total. The van der Waals surface area contributed by atoms with Crippen LogP contribution in [0.3, 0.4) is 0 Å². The summed E-state index contributed by atoms with van der Waals surface area (Å²) < 4.78 is 7.09. The topological polar surface area (TPSA) is 26.3 Å². The Labute approximate surface area is 117 Å². The van der Waals surface area contributed by atoms with Crippen molar-refractivity contribution in [2.45, 2.75) is 46.1 Å². The van der Waals surface area contributed by atoms with Gasteiger partial charge in [-0.15, -0.1) is 0 Å². The molecule has 1 aliphatic carbocycles. The zero-order valence-corrected chi connectivity index (χ0v) is 12.7. The third kappa shape index (κ3) is 2.09. The van der Waals surface area contributed by atoms with Crippen molar-refractivity contribution < 1.29 is 9.53 Å². The molecular formula is C15H19BrO2. The van der Waals surface area contributed by atoms with Gasteiger partial charge >= 0.3 is 0 Å². The number of benzene rings is 1. The van der Waals surface area contributed by atoms with Crippen LogP contribution in [0, 0.1) is 12.3 Å². The van der Waals surface area contributed by atoms with Gasteiger partial charge in [-0.05, 0) is 37.5 Å². The van der Waals surface area contributed by atoms with Crippen molar-refractivity contribution in [2.75, 3.05) is 0 Å². The van der Waals surface area contributed by atoms with Gasteiger partial charge in [-0.3, -0.25) is 4.79 Å². The maximum atomic E-state index is 11.9. The SMILES string of the molecule is CCC1(CC)C(=O)CC1Oc1cc(Br)ccc1C. The zero-order valence-electron chi connectivity index (χ0n) is 11.1. The lowest BCUT2D eigenvalue weighted by Gasteiger charge is -2.46. The molecule has 0 aromatic heterocycles. The average Bonchev–Trinajstić information content (AvgIpc) is 2.35. The molecule has 2 rings (SSSR count). The first-order valence-corrected chi connectivity index (χ1v) is 7.29. The Kier molecular flexibility index (Phi) is 3.81. The first-order valence-electron chi connectivity index (χ1n) is 6.49. The molecule has 2 nitrogen and oxygen atoms in total. The zero-order chi connectivity index (χ0) is 13.3. The van der Waals surface area contributed by atoms with E-state index in [1.54, 1.807) is 0 Å². The number of carbonyl (C=O) groups excluding carboxylic acids is 1. The summed E-state index contributed by atoms with van der Waals surface area (Å²) >= 11 is 3.45. The standard InChI is InChI=1S/C15H19BrO2/c1-4-15(5-2)13(17)9-14(15)18-12-8-11(16)7-6-10(12)3/h6-8,14H,4-5,9H2,1-3H3. The van der Waals surface area contributed by atoms with Crippen molar-refractivity contribution >= 4 is 21.7 Å². The van der Waals surface area contributed by atoms with Crippen LogP contribution < -0.4 is 4.74 Å². The van der Waals surface area contributed by atoms with Crippen LogP contribution in [-0.4, -0.2) is 11.9 Å². The molecule has 1 atom stereocenters. The number of carbonyl (C=O) groups is 1.